The molecule has 7 heteroatoms. The van der Waals surface area contributed by atoms with Gasteiger partial charge in [-0.15, -0.1) is 0 Å². The van der Waals surface area contributed by atoms with Crippen LogP contribution < -0.4 is 0 Å². The van der Waals surface area contributed by atoms with E-state index >= 15 is 0 Å². The fourth-order valence-electron chi connectivity index (χ4n) is 0.636. The molecule has 1 aliphatic rings. The van der Waals surface area contributed by atoms with E-state index in [2.05, 4.69) is 9.47 Å². The number of hydrogen-bond donors (Lipinski definition) is 0. The first-order chi connectivity index (χ1) is 4.61. The van der Waals surface area contributed by atoms with Crippen LogP contribution in [0.4, 0.5) is 0 Å². The number of hydrogen-bond acceptors (Lipinski definition) is 4. The average Bonchev–Trinajstić information content (AvgIpc) is 1.84. The average molecular weight is 224 g/mol. The molecule has 2 unspecified atom stereocenters. The van der Waals surface area contributed by atoms with Gasteiger partial charge in [0.15, 0.2) is 12.2 Å². The first kappa shape index (κ1) is 18.4. The second kappa shape index (κ2) is 7.02. The molecule has 0 N–H and O–H groups in total. The van der Waals surface area contributed by atoms with E-state index in [1.807, 2.05) is 0 Å². The maximum absolute atomic E-state index is 10.7. The van der Waals surface area contributed by atoms with Crippen molar-refractivity contribution in [3.8, 4) is 0 Å². The molecule has 72 valence electrons. The molecule has 1 heterocycles. The van der Waals surface area contributed by atoms with Crippen molar-refractivity contribution in [2.75, 3.05) is 0 Å². The minimum atomic E-state index is -0.747. The maximum atomic E-state index is 10.7. The summed E-state index contributed by atoms with van der Waals surface area (Å²) in [5, 5.41) is 0. The van der Waals surface area contributed by atoms with Crippen molar-refractivity contribution in [1.29, 1.82) is 0 Å². The molecule has 0 aromatic heterocycles. The molecule has 0 bridgehead atoms. The van der Waals surface area contributed by atoms with Crippen LogP contribution in [0.25, 0.3) is 0 Å². The van der Waals surface area contributed by atoms with Crippen molar-refractivity contribution in [2.45, 2.75) is 26.1 Å². The Balaban J connectivity index is -0.000000333. The second-order valence-corrected chi connectivity index (χ2v) is 2.16. The molecular weight excluding hydrogens is 216 g/mol. The van der Waals surface area contributed by atoms with E-state index in [-0.39, 0.29) is 32.7 Å². The summed E-state index contributed by atoms with van der Waals surface area (Å²) in [7, 11) is 0. The van der Waals surface area contributed by atoms with Crippen LogP contribution in [0.2, 0.25) is 0 Å². The standard InChI is InChI=1S/C6H8O4.2O.Ti/c1-3-5(7)10-4(2)6(8)9-3;;;/h3-4H,1-2H3;;;/q;2*-2;+4. The Kier molecular flexibility index (Phi) is 9.93. The van der Waals surface area contributed by atoms with Crippen LogP contribution in [-0.4, -0.2) is 24.1 Å². The molecule has 0 radical (unpaired) electrons. The van der Waals surface area contributed by atoms with E-state index in [1.165, 1.54) is 13.8 Å². The van der Waals surface area contributed by atoms with Gasteiger partial charge in [0.1, 0.15) is 0 Å². The summed E-state index contributed by atoms with van der Waals surface area (Å²) in [6.45, 7) is 2.96. The van der Waals surface area contributed by atoms with Gasteiger partial charge < -0.3 is 20.4 Å². The van der Waals surface area contributed by atoms with Crippen LogP contribution >= 0.6 is 0 Å². The predicted molar refractivity (Wildman–Crippen MR) is 32.5 cm³/mol. The molecule has 1 rings (SSSR count). The molecule has 1 fully saturated rings. The molecule has 0 amide bonds. The Morgan fingerprint density at radius 3 is 1.38 bits per heavy atom. The van der Waals surface area contributed by atoms with Crippen LogP contribution in [0.15, 0.2) is 0 Å². The Labute approximate surface area is 90.1 Å². The Morgan fingerprint density at radius 2 is 1.15 bits per heavy atom. The van der Waals surface area contributed by atoms with Crippen LogP contribution in [0.3, 0.4) is 0 Å². The minimum absolute atomic E-state index is 0. The summed E-state index contributed by atoms with van der Waals surface area (Å²) in [4.78, 5) is 21.3. The number of esters is 2. The zero-order chi connectivity index (χ0) is 7.72. The molecule has 0 aromatic rings. The molecule has 0 spiro atoms. The van der Waals surface area contributed by atoms with Crippen LogP contribution in [0.5, 0.6) is 0 Å². The quantitative estimate of drug-likeness (QED) is 0.412. The van der Waals surface area contributed by atoms with Gasteiger partial charge in [0.25, 0.3) is 0 Å². The Bertz CT molecular complexity index is 162. The van der Waals surface area contributed by atoms with Gasteiger partial charge >= 0.3 is 33.7 Å². The number of ether oxygens (including phenoxy) is 2. The third kappa shape index (κ3) is 4.37. The summed E-state index contributed by atoms with van der Waals surface area (Å²) in [6, 6.07) is 0. The molecule has 6 nitrogen and oxygen atoms in total. The maximum Gasteiger partial charge on any atom is 4.00 e. The van der Waals surface area contributed by atoms with E-state index in [4.69, 9.17) is 0 Å². The number of cyclic esters (lactones) is 2. The fraction of sp³-hybridized carbons (Fsp3) is 0.667. The van der Waals surface area contributed by atoms with Gasteiger partial charge in [-0.25, -0.2) is 9.59 Å². The summed E-state index contributed by atoms with van der Waals surface area (Å²) in [5.74, 6) is -0.959. The van der Waals surface area contributed by atoms with E-state index in [1.54, 1.807) is 0 Å². The largest absolute Gasteiger partial charge is 4.00 e. The fourth-order valence-corrected chi connectivity index (χ4v) is 0.636. The first-order valence-electron chi connectivity index (χ1n) is 3.02. The van der Waals surface area contributed by atoms with Gasteiger partial charge in [0, 0.05) is 0 Å². The SMILES string of the molecule is CC1OC(=O)C(C)OC1=O.[O-2].[O-2].[Ti+4]. The smallest absolute Gasteiger partial charge is 2.00 e. The predicted octanol–water partition coefficient (Wildman–Crippen LogP) is -0.377. The molecule has 1 saturated heterocycles. The van der Waals surface area contributed by atoms with Gasteiger partial charge in [-0.05, 0) is 13.8 Å². The van der Waals surface area contributed by atoms with Crippen LogP contribution in [0.1, 0.15) is 13.8 Å². The van der Waals surface area contributed by atoms with Crippen molar-refractivity contribution >= 4 is 11.9 Å². The summed E-state index contributed by atoms with van der Waals surface area (Å²) < 4.78 is 9.19. The zero-order valence-corrected chi connectivity index (χ0v) is 8.67. The third-order valence-corrected chi connectivity index (χ3v) is 1.25. The topological polar surface area (TPSA) is 110 Å². The Hall–Kier alpha value is -0.426. The van der Waals surface area contributed by atoms with Gasteiger partial charge in [0.05, 0.1) is 0 Å². The summed E-state index contributed by atoms with van der Waals surface area (Å²) in [5.41, 5.74) is 0. The molecule has 0 saturated carbocycles. The summed E-state index contributed by atoms with van der Waals surface area (Å²) in [6.07, 6.45) is -1.49. The van der Waals surface area contributed by atoms with Gasteiger partial charge in [-0.1, -0.05) is 0 Å². The van der Waals surface area contributed by atoms with Crippen molar-refractivity contribution in [1.82, 2.24) is 0 Å². The molecule has 0 aliphatic carbocycles. The van der Waals surface area contributed by atoms with Crippen LogP contribution in [-0.2, 0) is 51.7 Å². The van der Waals surface area contributed by atoms with Gasteiger partial charge in [-0.2, -0.15) is 0 Å². The van der Waals surface area contributed by atoms with Gasteiger partial charge in [0.2, 0.25) is 0 Å². The third-order valence-electron chi connectivity index (χ3n) is 1.25. The molecule has 13 heavy (non-hydrogen) atoms. The van der Waals surface area contributed by atoms with E-state index in [9.17, 15) is 9.59 Å². The van der Waals surface area contributed by atoms with E-state index in [0.717, 1.165) is 0 Å². The van der Waals surface area contributed by atoms with Crippen molar-refractivity contribution in [3.05, 3.63) is 0 Å². The Morgan fingerprint density at radius 1 is 0.923 bits per heavy atom. The summed E-state index contributed by atoms with van der Waals surface area (Å²) >= 11 is 0. The minimum Gasteiger partial charge on any atom is -2.00 e. The second-order valence-electron chi connectivity index (χ2n) is 2.16. The number of carbonyl (C=O) groups excluding carboxylic acids is 2. The van der Waals surface area contributed by atoms with E-state index in [0.29, 0.717) is 0 Å². The normalized spacial score (nSPS) is 25.4. The first-order valence-corrected chi connectivity index (χ1v) is 3.02. The van der Waals surface area contributed by atoms with Crippen molar-refractivity contribution in [2.24, 2.45) is 0 Å². The van der Waals surface area contributed by atoms with E-state index < -0.39 is 24.1 Å². The van der Waals surface area contributed by atoms with Gasteiger partial charge in [-0.3, -0.25) is 0 Å². The number of carbonyl (C=O) groups is 2. The molecule has 0 aromatic carbocycles. The number of rotatable bonds is 0. The molecule has 1 aliphatic heterocycles. The van der Waals surface area contributed by atoms with Crippen molar-refractivity contribution in [3.63, 3.8) is 0 Å². The van der Waals surface area contributed by atoms with Crippen LogP contribution in [0, 0.1) is 0 Å². The zero-order valence-electron chi connectivity index (χ0n) is 7.10. The van der Waals surface area contributed by atoms with Crippen molar-refractivity contribution < 1.29 is 51.7 Å². The molecular formula is C6H8O6Ti. The molecule has 2 atom stereocenters. The monoisotopic (exact) mass is 224 g/mol.